The Labute approximate surface area is 110 Å². The van der Waals surface area contributed by atoms with Crippen LogP contribution in [0.1, 0.15) is 42.7 Å². The third kappa shape index (κ3) is 3.97. The van der Waals surface area contributed by atoms with Gasteiger partial charge in [0.25, 0.3) is 5.91 Å². The van der Waals surface area contributed by atoms with Gasteiger partial charge in [-0.15, -0.1) is 0 Å². The molecule has 108 valence electrons. The highest BCUT2D eigenvalue weighted by atomic mass is 19.4. The number of nitrogens with one attached hydrogen (secondary N) is 1. The summed E-state index contributed by atoms with van der Waals surface area (Å²) < 4.78 is 37.9. The van der Waals surface area contributed by atoms with Gasteiger partial charge in [-0.3, -0.25) is 9.89 Å². The first-order chi connectivity index (χ1) is 8.80. The van der Waals surface area contributed by atoms with Crippen molar-refractivity contribution in [3.05, 3.63) is 17.5 Å². The fourth-order valence-corrected chi connectivity index (χ4v) is 2.01. The van der Waals surface area contributed by atoms with Crippen LogP contribution in [0.5, 0.6) is 0 Å². The zero-order chi connectivity index (χ0) is 14.6. The summed E-state index contributed by atoms with van der Waals surface area (Å²) in [5, 5.41) is 6.24. The molecule has 0 aromatic carbocycles. The second-order valence-electron chi connectivity index (χ2n) is 4.43. The number of hydrogen-bond acceptors (Lipinski definition) is 2. The summed E-state index contributed by atoms with van der Waals surface area (Å²) in [5.74, 6) is -0.628. The van der Waals surface area contributed by atoms with Gasteiger partial charge in [-0.05, 0) is 19.8 Å². The van der Waals surface area contributed by atoms with Crippen molar-refractivity contribution in [1.82, 2.24) is 15.1 Å². The Kier molecular flexibility index (Phi) is 4.97. The molecule has 0 bridgehead atoms. The molecule has 0 aliphatic rings. The van der Waals surface area contributed by atoms with Crippen LogP contribution < -0.4 is 0 Å². The Morgan fingerprint density at radius 3 is 2.37 bits per heavy atom. The normalized spacial score (nSPS) is 11.9. The van der Waals surface area contributed by atoms with Crippen molar-refractivity contribution >= 4 is 5.91 Å². The van der Waals surface area contributed by atoms with Crippen molar-refractivity contribution < 1.29 is 18.0 Å². The molecular formula is C12H18F3N3O. The van der Waals surface area contributed by atoms with E-state index in [1.165, 1.54) is 6.20 Å². The molecule has 0 spiro atoms. The lowest BCUT2D eigenvalue weighted by molar-refractivity contribution is -0.144. The lowest BCUT2D eigenvalue weighted by Crippen LogP contribution is -2.45. The molecule has 1 aromatic heterocycles. The summed E-state index contributed by atoms with van der Waals surface area (Å²) in [6.45, 7) is 3.92. The number of rotatable bonds is 5. The zero-order valence-corrected chi connectivity index (χ0v) is 11.2. The van der Waals surface area contributed by atoms with E-state index in [9.17, 15) is 18.0 Å². The minimum absolute atomic E-state index is 0.191. The van der Waals surface area contributed by atoms with Crippen molar-refractivity contribution in [1.29, 1.82) is 0 Å². The fourth-order valence-electron chi connectivity index (χ4n) is 2.01. The Morgan fingerprint density at radius 2 is 2.00 bits per heavy atom. The van der Waals surface area contributed by atoms with E-state index in [1.807, 2.05) is 0 Å². The van der Waals surface area contributed by atoms with E-state index in [2.05, 4.69) is 10.2 Å². The molecule has 0 unspecified atom stereocenters. The number of hydrogen-bond donors (Lipinski definition) is 1. The predicted octanol–water partition coefficient (Wildman–Crippen LogP) is 2.91. The minimum atomic E-state index is -4.41. The molecule has 0 fully saturated rings. The van der Waals surface area contributed by atoms with Crippen LogP contribution >= 0.6 is 0 Å². The molecule has 0 saturated heterocycles. The second-order valence-corrected chi connectivity index (χ2v) is 4.43. The molecule has 0 aliphatic heterocycles. The number of nitrogens with zero attached hydrogens (tertiary/aromatic N) is 2. The standard InChI is InChI=1S/C12H18F3N3O/c1-4-9(5-2)18(7-12(13,14)15)11(19)10-6-16-17-8(10)3/h6,9H,4-5,7H2,1-3H3,(H,16,17). The molecule has 1 rings (SSSR count). The van der Waals surface area contributed by atoms with Crippen LogP contribution in [-0.4, -0.2) is 39.8 Å². The molecule has 0 aliphatic carbocycles. The Morgan fingerprint density at radius 1 is 1.42 bits per heavy atom. The average molecular weight is 277 g/mol. The van der Waals surface area contributed by atoms with Gasteiger partial charge in [-0.1, -0.05) is 13.8 Å². The fraction of sp³-hybridized carbons (Fsp3) is 0.667. The zero-order valence-electron chi connectivity index (χ0n) is 11.2. The number of aryl methyl sites for hydroxylation is 1. The average Bonchev–Trinajstić information content (AvgIpc) is 2.73. The van der Waals surface area contributed by atoms with Gasteiger partial charge in [0.15, 0.2) is 0 Å². The van der Waals surface area contributed by atoms with Crippen molar-refractivity contribution in [3.8, 4) is 0 Å². The van der Waals surface area contributed by atoms with Crippen molar-refractivity contribution in [2.75, 3.05) is 6.54 Å². The Hall–Kier alpha value is -1.53. The molecular weight excluding hydrogens is 259 g/mol. The predicted molar refractivity (Wildman–Crippen MR) is 64.8 cm³/mol. The summed E-state index contributed by atoms with van der Waals surface area (Å²) >= 11 is 0. The molecule has 7 heteroatoms. The Bertz CT molecular complexity index is 424. The van der Waals surface area contributed by atoms with Crippen LogP contribution in [0.25, 0.3) is 0 Å². The number of aromatic amines is 1. The van der Waals surface area contributed by atoms with E-state index in [-0.39, 0.29) is 5.56 Å². The van der Waals surface area contributed by atoms with Gasteiger partial charge in [-0.25, -0.2) is 0 Å². The quantitative estimate of drug-likeness (QED) is 0.899. The largest absolute Gasteiger partial charge is 0.406 e. The maximum atomic E-state index is 12.6. The van der Waals surface area contributed by atoms with Gasteiger partial charge in [0.2, 0.25) is 0 Å². The first-order valence-electron chi connectivity index (χ1n) is 6.17. The summed E-state index contributed by atoms with van der Waals surface area (Å²) in [5.41, 5.74) is 0.666. The molecule has 19 heavy (non-hydrogen) atoms. The first kappa shape index (κ1) is 15.5. The molecule has 1 amide bonds. The van der Waals surface area contributed by atoms with Gasteiger partial charge < -0.3 is 4.90 Å². The van der Waals surface area contributed by atoms with Gasteiger partial charge in [-0.2, -0.15) is 18.3 Å². The number of H-pyrrole nitrogens is 1. The second kappa shape index (κ2) is 6.08. The number of aromatic nitrogens is 2. The Balaban J connectivity index is 3.02. The van der Waals surface area contributed by atoms with Crippen LogP contribution in [0, 0.1) is 6.92 Å². The number of amides is 1. The third-order valence-corrected chi connectivity index (χ3v) is 3.05. The van der Waals surface area contributed by atoms with Crippen LogP contribution in [0.15, 0.2) is 6.20 Å². The maximum absolute atomic E-state index is 12.6. The highest BCUT2D eigenvalue weighted by molar-refractivity contribution is 5.95. The van der Waals surface area contributed by atoms with Gasteiger partial charge >= 0.3 is 6.18 Å². The smallest absolute Gasteiger partial charge is 0.326 e. The van der Waals surface area contributed by atoms with Crippen molar-refractivity contribution in [3.63, 3.8) is 0 Å². The van der Waals surface area contributed by atoms with Crippen LogP contribution in [0.3, 0.4) is 0 Å². The lowest BCUT2D eigenvalue weighted by Gasteiger charge is -2.31. The summed E-state index contributed by atoms with van der Waals surface area (Å²) in [6, 6.07) is -0.427. The molecule has 1 aromatic rings. The van der Waals surface area contributed by atoms with Gasteiger partial charge in [0.05, 0.1) is 11.8 Å². The topological polar surface area (TPSA) is 49.0 Å². The van der Waals surface area contributed by atoms with Gasteiger partial charge in [0.1, 0.15) is 6.54 Å². The minimum Gasteiger partial charge on any atom is -0.326 e. The molecule has 1 heterocycles. The van der Waals surface area contributed by atoms with E-state index in [4.69, 9.17) is 0 Å². The van der Waals surface area contributed by atoms with Crippen molar-refractivity contribution in [2.24, 2.45) is 0 Å². The van der Waals surface area contributed by atoms with E-state index in [0.717, 1.165) is 4.90 Å². The lowest BCUT2D eigenvalue weighted by atomic mass is 10.1. The highest BCUT2D eigenvalue weighted by Crippen LogP contribution is 2.22. The molecule has 1 N–H and O–H groups in total. The monoisotopic (exact) mass is 277 g/mol. The number of carbonyl (C=O) groups excluding carboxylic acids is 1. The van der Waals surface area contributed by atoms with E-state index < -0.39 is 24.7 Å². The van der Waals surface area contributed by atoms with Crippen LogP contribution in [0.4, 0.5) is 13.2 Å². The SMILES string of the molecule is CCC(CC)N(CC(F)(F)F)C(=O)c1cn[nH]c1C. The van der Waals surface area contributed by atoms with Gasteiger partial charge in [0, 0.05) is 11.7 Å². The molecule has 0 radical (unpaired) electrons. The van der Waals surface area contributed by atoms with E-state index in [1.54, 1.807) is 20.8 Å². The van der Waals surface area contributed by atoms with E-state index in [0.29, 0.717) is 18.5 Å². The third-order valence-electron chi connectivity index (χ3n) is 3.05. The molecule has 0 saturated carbocycles. The summed E-state index contributed by atoms with van der Waals surface area (Å²) in [6.07, 6.45) is -2.18. The molecule has 4 nitrogen and oxygen atoms in total. The summed E-state index contributed by atoms with van der Waals surface area (Å²) in [4.78, 5) is 13.1. The number of halogens is 3. The number of alkyl halides is 3. The van der Waals surface area contributed by atoms with Crippen LogP contribution in [-0.2, 0) is 0 Å². The maximum Gasteiger partial charge on any atom is 0.406 e. The first-order valence-corrected chi connectivity index (χ1v) is 6.17. The number of carbonyl (C=O) groups is 1. The molecule has 0 atom stereocenters. The highest BCUT2D eigenvalue weighted by Gasteiger charge is 2.36. The summed E-state index contributed by atoms with van der Waals surface area (Å²) in [7, 11) is 0. The van der Waals surface area contributed by atoms with Crippen molar-refractivity contribution in [2.45, 2.75) is 45.8 Å². The van der Waals surface area contributed by atoms with Crippen LogP contribution in [0.2, 0.25) is 0 Å². The van der Waals surface area contributed by atoms with E-state index >= 15 is 0 Å².